The standard InChI is InChI=1S/C17H30N2/c1-6-17(7-2)19(12-13(3)4)14(5)15-9-8-10-16(18)11-15/h8-11,13-14,17H,6-7,12,18H2,1-5H3. The Balaban J connectivity index is 2.95. The largest absolute Gasteiger partial charge is 0.399 e. The average molecular weight is 262 g/mol. The summed E-state index contributed by atoms with van der Waals surface area (Å²) in [7, 11) is 0. The van der Waals surface area contributed by atoms with Crippen molar-refractivity contribution < 1.29 is 0 Å². The highest BCUT2D eigenvalue weighted by Crippen LogP contribution is 2.27. The van der Waals surface area contributed by atoms with Gasteiger partial charge in [0, 0.05) is 24.3 Å². The van der Waals surface area contributed by atoms with Crippen molar-refractivity contribution in [2.75, 3.05) is 12.3 Å². The maximum atomic E-state index is 5.92. The van der Waals surface area contributed by atoms with Gasteiger partial charge in [-0.25, -0.2) is 0 Å². The summed E-state index contributed by atoms with van der Waals surface area (Å²) < 4.78 is 0. The van der Waals surface area contributed by atoms with E-state index in [1.165, 1.54) is 18.4 Å². The molecule has 0 aliphatic heterocycles. The van der Waals surface area contributed by atoms with Crippen molar-refractivity contribution >= 4 is 5.69 Å². The fourth-order valence-electron chi connectivity index (χ4n) is 2.81. The molecule has 0 saturated heterocycles. The quantitative estimate of drug-likeness (QED) is 0.734. The molecule has 0 aliphatic carbocycles. The Morgan fingerprint density at radius 2 is 1.74 bits per heavy atom. The van der Waals surface area contributed by atoms with Gasteiger partial charge in [-0.1, -0.05) is 39.8 Å². The van der Waals surface area contributed by atoms with Gasteiger partial charge >= 0.3 is 0 Å². The number of nitrogens with two attached hydrogens (primary N) is 1. The number of anilines is 1. The lowest BCUT2D eigenvalue weighted by Crippen LogP contribution is -2.39. The van der Waals surface area contributed by atoms with Crippen molar-refractivity contribution in [3.8, 4) is 0 Å². The average Bonchev–Trinajstić information content (AvgIpc) is 2.37. The Bertz CT molecular complexity index is 369. The van der Waals surface area contributed by atoms with E-state index in [0.29, 0.717) is 18.0 Å². The fraction of sp³-hybridized carbons (Fsp3) is 0.647. The van der Waals surface area contributed by atoms with Gasteiger partial charge in [-0.3, -0.25) is 4.90 Å². The van der Waals surface area contributed by atoms with Crippen LogP contribution in [-0.4, -0.2) is 17.5 Å². The molecule has 0 heterocycles. The van der Waals surface area contributed by atoms with Crippen molar-refractivity contribution in [3.05, 3.63) is 29.8 Å². The summed E-state index contributed by atoms with van der Waals surface area (Å²) in [6.45, 7) is 12.6. The van der Waals surface area contributed by atoms with E-state index >= 15 is 0 Å². The number of hydrogen-bond donors (Lipinski definition) is 1. The molecule has 19 heavy (non-hydrogen) atoms. The molecule has 1 aromatic carbocycles. The van der Waals surface area contributed by atoms with E-state index in [1.807, 2.05) is 6.07 Å². The molecule has 108 valence electrons. The maximum absolute atomic E-state index is 5.92. The zero-order valence-corrected chi connectivity index (χ0v) is 13.2. The molecule has 0 radical (unpaired) electrons. The van der Waals surface area contributed by atoms with Crippen LogP contribution in [0.5, 0.6) is 0 Å². The molecule has 0 fully saturated rings. The van der Waals surface area contributed by atoms with Crippen LogP contribution in [0.25, 0.3) is 0 Å². The molecule has 0 amide bonds. The molecule has 1 unspecified atom stereocenters. The van der Waals surface area contributed by atoms with Crippen LogP contribution in [0.1, 0.15) is 59.1 Å². The molecule has 0 aromatic heterocycles. The maximum Gasteiger partial charge on any atom is 0.0323 e. The van der Waals surface area contributed by atoms with E-state index in [1.54, 1.807) is 0 Å². The number of benzene rings is 1. The van der Waals surface area contributed by atoms with E-state index in [2.05, 4.69) is 57.7 Å². The van der Waals surface area contributed by atoms with Crippen LogP contribution in [0.4, 0.5) is 5.69 Å². The minimum absolute atomic E-state index is 0.427. The van der Waals surface area contributed by atoms with Crippen LogP contribution in [0, 0.1) is 5.92 Å². The third-order valence-electron chi connectivity index (χ3n) is 3.88. The van der Waals surface area contributed by atoms with Gasteiger partial charge in [-0.2, -0.15) is 0 Å². The van der Waals surface area contributed by atoms with Gasteiger partial charge in [0.2, 0.25) is 0 Å². The Hall–Kier alpha value is -1.02. The molecular weight excluding hydrogens is 232 g/mol. The number of nitrogen functional groups attached to an aromatic ring is 1. The summed E-state index contributed by atoms with van der Waals surface area (Å²) in [6, 6.07) is 9.40. The van der Waals surface area contributed by atoms with Crippen LogP contribution in [0.15, 0.2) is 24.3 Å². The van der Waals surface area contributed by atoms with E-state index < -0.39 is 0 Å². The van der Waals surface area contributed by atoms with Gasteiger partial charge in [-0.05, 0) is 43.4 Å². The SMILES string of the molecule is CCC(CC)N(CC(C)C)C(C)c1cccc(N)c1. The van der Waals surface area contributed by atoms with Gasteiger partial charge in [-0.15, -0.1) is 0 Å². The van der Waals surface area contributed by atoms with Gasteiger partial charge < -0.3 is 5.73 Å². The highest BCUT2D eigenvalue weighted by molar-refractivity contribution is 5.41. The lowest BCUT2D eigenvalue weighted by atomic mass is 10.00. The van der Waals surface area contributed by atoms with Crippen molar-refractivity contribution in [2.24, 2.45) is 5.92 Å². The Labute approximate surface area is 119 Å². The first-order valence-corrected chi connectivity index (χ1v) is 7.60. The summed E-state index contributed by atoms with van der Waals surface area (Å²) in [5.74, 6) is 0.684. The Kier molecular flexibility index (Phi) is 6.36. The van der Waals surface area contributed by atoms with Crippen molar-refractivity contribution in [1.82, 2.24) is 4.90 Å². The van der Waals surface area contributed by atoms with E-state index in [9.17, 15) is 0 Å². The predicted octanol–water partition coefficient (Wildman–Crippen LogP) is 4.48. The zero-order chi connectivity index (χ0) is 14.4. The second kappa shape index (κ2) is 7.54. The van der Waals surface area contributed by atoms with Gasteiger partial charge in [0.15, 0.2) is 0 Å². The van der Waals surface area contributed by atoms with Crippen molar-refractivity contribution in [2.45, 2.75) is 59.5 Å². The first-order chi connectivity index (χ1) is 8.99. The summed E-state index contributed by atoms with van der Waals surface area (Å²) in [5, 5.41) is 0. The van der Waals surface area contributed by atoms with Crippen LogP contribution in [-0.2, 0) is 0 Å². The topological polar surface area (TPSA) is 29.3 Å². The summed E-state index contributed by atoms with van der Waals surface area (Å²) in [5.41, 5.74) is 8.11. The lowest BCUT2D eigenvalue weighted by Gasteiger charge is -2.37. The zero-order valence-electron chi connectivity index (χ0n) is 13.2. The minimum atomic E-state index is 0.427. The Morgan fingerprint density at radius 3 is 2.21 bits per heavy atom. The normalized spacial score (nSPS) is 13.5. The first-order valence-electron chi connectivity index (χ1n) is 7.60. The number of rotatable bonds is 7. The van der Waals surface area contributed by atoms with E-state index in [0.717, 1.165) is 12.2 Å². The van der Waals surface area contributed by atoms with Crippen LogP contribution in [0.2, 0.25) is 0 Å². The third kappa shape index (κ3) is 4.54. The number of nitrogens with zero attached hydrogens (tertiary/aromatic N) is 1. The minimum Gasteiger partial charge on any atom is -0.399 e. The molecule has 2 N–H and O–H groups in total. The fourth-order valence-corrected chi connectivity index (χ4v) is 2.81. The first kappa shape index (κ1) is 16.0. The Morgan fingerprint density at radius 1 is 1.11 bits per heavy atom. The molecular formula is C17H30N2. The molecule has 0 aliphatic rings. The summed E-state index contributed by atoms with van der Waals surface area (Å²) >= 11 is 0. The second-order valence-electron chi connectivity index (χ2n) is 5.91. The third-order valence-corrected chi connectivity index (χ3v) is 3.88. The monoisotopic (exact) mass is 262 g/mol. The molecule has 1 rings (SSSR count). The molecule has 1 atom stereocenters. The van der Waals surface area contributed by atoms with Crippen LogP contribution in [0.3, 0.4) is 0 Å². The summed E-state index contributed by atoms with van der Waals surface area (Å²) in [6.07, 6.45) is 2.41. The number of hydrogen-bond acceptors (Lipinski definition) is 2. The van der Waals surface area contributed by atoms with E-state index in [4.69, 9.17) is 5.73 Å². The highest BCUT2D eigenvalue weighted by Gasteiger charge is 2.23. The van der Waals surface area contributed by atoms with Gasteiger partial charge in [0.1, 0.15) is 0 Å². The van der Waals surface area contributed by atoms with Crippen molar-refractivity contribution in [3.63, 3.8) is 0 Å². The highest BCUT2D eigenvalue weighted by atomic mass is 15.2. The van der Waals surface area contributed by atoms with Gasteiger partial charge in [0.05, 0.1) is 0 Å². The van der Waals surface area contributed by atoms with Crippen LogP contribution >= 0.6 is 0 Å². The van der Waals surface area contributed by atoms with Gasteiger partial charge in [0.25, 0.3) is 0 Å². The van der Waals surface area contributed by atoms with Crippen molar-refractivity contribution in [1.29, 1.82) is 0 Å². The predicted molar refractivity (Wildman–Crippen MR) is 85.2 cm³/mol. The van der Waals surface area contributed by atoms with Crippen LogP contribution < -0.4 is 5.73 Å². The van der Waals surface area contributed by atoms with E-state index in [-0.39, 0.29) is 0 Å². The molecule has 0 bridgehead atoms. The summed E-state index contributed by atoms with van der Waals surface area (Å²) in [4.78, 5) is 2.64. The molecule has 0 saturated carbocycles. The molecule has 0 spiro atoms. The molecule has 2 nitrogen and oxygen atoms in total. The smallest absolute Gasteiger partial charge is 0.0323 e. The molecule has 1 aromatic rings. The lowest BCUT2D eigenvalue weighted by molar-refractivity contribution is 0.118. The molecule has 2 heteroatoms. The second-order valence-corrected chi connectivity index (χ2v) is 5.91.